The van der Waals surface area contributed by atoms with Gasteiger partial charge < -0.3 is 14.9 Å². The molecule has 3 heterocycles. The molecule has 1 aliphatic heterocycles. The standard InChI is InChI=1S/C14H15N5O2/c20-12-7-11(8-16-9-12)14(21)19-5-3-18(4-6-19)13-10-15-1-2-17-13/h1-2,7-10,20H,3-6H2. The largest absolute Gasteiger partial charge is 0.506 e. The van der Waals surface area contributed by atoms with Crippen molar-refractivity contribution in [1.82, 2.24) is 19.9 Å². The molecular weight excluding hydrogens is 270 g/mol. The predicted molar refractivity (Wildman–Crippen MR) is 76.1 cm³/mol. The maximum Gasteiger partial charge on any atom is 0.255 e. The van der Waals surface area contributed by atoms with Gasteiger partial charge in [-0.3, -0.25) is 14.8 Å². The van der Waals surface area contributed by atoms with Gasteiger partial charge in [0.05, 0.1) is 18.0 Å². The van der Waals surface area contributed by atoms with Crippen LogP contribution < -0.4 is 4.90 Å². The van der Waals surface area contributed by atoms with Crippen molar-refractivity contribution in [2.45, 2.75) is 0 Å². The van der Waals surface area contributed by atoms with E-state index in [-0.39, 0.29) is 11.7 Å². The minimum Gasteiger partial charge on any atom is -0.506 e. The molecule has 21 heavy (non-hydrogen) atoms. The van der Waals surface area contributed by atoms with Gasteiger partial charge in [-0.25, -0.2) is 4.98 Å². The van der Waals surface area contributed by atoms with E-state index in [4.69, 9.17) is 0 Å². The molecule has 0 aromatic carbocycles. The Morgan fingerprint density at radius 1 is 1.05 bits per heavy atom. The van der Waals surface area contributed by atoms with Crippen molar-refractivity contribution >= 4 is 11.7 Å². The smallest absolute Gasteiger partial charge is 0.255 e. The van der Waals surface area contributed by atoms with Crippen LogP contribution in [0.5, 0.6) is 5.75 Å². The summed E-state index contributed by atoms with van der Waals surface area (Å²) in [6.07, 6.45) is 7.79. The number of pyridine rings is 1. The molecule has 0 saturated carbocycles. The van der Waals surface area contributed by atoms with Crippen molar-refractivity contribution in [3.63, 3.8) is 0 Å². The first-order chi connectivity index (χ1) is 10.2. The first-order valence-corrected chi connectivity index (χ1v) is 6.68. The number of carbonyl (C=O) groups excluding carboxylic acids is 1. The van der Waals surface area contributed by atoms with Gasteiger partial charge in [-0.15, -0.1) is 0 Å². The molecule has 108 valence electrons. The van der Waals surface area contributed by atoms with Gasteiger partial charge in [-0.05, 0) is 6.07 Å². The van der Waals surface area contributed by atoms with Crippen molar-refractivity contribution < 1.29 is 9.90 Å². The van der Waals surface area contributed by atoms with E-state index in [9.17, 15) is 9.90 Å². The minimum absolute atomic E-state index is 0.000883. The van der Waals surface area contributed by atoms with Crippen molar-refractivity contribution in [2.75, 3.05) is 31.1 Å². The van der Waals surface area contributed by atoms with Crippen LogP contribution in [0.2, 0.25) is 0 Å². The number of amides is 1. The van der Waals surface area contributed by atoms with E-state index in [0.717, 1.165) is 5.82 Å². The molecule has 0 aliphatic carbocycles. The average Bonchev–Trinajstić information content (AvgIpc) is 2.55. The third-order valence-corrected chi connectivity index (χ3v) is 3.41. The molecule has 2 aromatic heterocycles. The molecule has 1 fully saturated rings. The molecule has 0 radical (unpaired) electrons. The van der Waals surface area contributed by atoms with E-state index in [2.05, 4.69) is 19.9 Å². The van der Waals surface area contributed by atoms with Crippen molar-refractivity contribution in [1.29, 1.82) is 0 Å². The number of aromatic nitrogens is 3. The van der Waals surface area contributed by atoms with E-state index in [1.165, 1.54) is 18.5 Å². The van der Waals surface area contributed by atoms with Crippen LogP contribution in [0.25, 0.3) is 0 Å². The second-order valence-corrected chi connectivity index (χ2v) is 4.77. The Kier molecular flexibility index (Phi) is 3.63. The van der Waals surface area contributed by atoms with E-state index >= 15 is 0 Å². The van der Waals surface area contributed by atoms with Crippen LogP contribution in [0, 0.1) is 0 Å². The lowest BCUT2D eigenvalue weighted by Crippen LogP contribution is -2.49. The monoisotopic (exact) mass is 285 g/mol. The lowest BCUT2D eigenvalue weighted by atomic mass is 10.2. The number of rotatable bonds is 2. The molecule has 7 heteroatoms. The Hall–Kier alpha value is -2.70. The molecule has 0 atom stereocenters. The first kappa shape index (κ1) is 13.3. The van der Waals surface area contributed by atoms with E-state index < -0.39 is 0 Å². The van der Waals surface area contributed by atoms with Crippen LogP contribution in [0.4, 0.5) is 5.82 Å². The molecular formula is C14H15N5O2. The zero-order valence-corrected chi connectivity index (χ0v) is 11.4. The molecule has 3 rings (SSSR count). The number of nitrogens with zero attached hydrogens (tertiary/aromatic N) is 5. The third kappa shape index (κ3) is 2.91. The van der Waals surface area contributed by atoms with Crippen LogP contribution in [0.1, 0.15) is 10.4 Å². The molecule has 0 bridgehead atoms. The topological polar surface area (TPSA) is 82.5 Å². The molecule has 1 aliphatic rings. The number of hydrogen-bond acceptors (Lipinski definition) is 6. The Morgan fingerprint density at radius 2 is 1.86 bits per heavy atom. The summed E-state index contributed by atoms with van der Waals surface area (Å²) in [4.78, 5) is 28.3. The summed E-state index contributed by atoms with van der Waals surface area (Å²) < 4.78 is 0. The normalized spacial score (nSPS) is 15.0. The molecule has 1 saturated heterocycles. The minimum atomic E-state index is -0.114. The summed E-state index contributed by atoms with van der Waals surface area (Å²) in [7, 11) is 0. The van der Waals surface area contributed by atoms with Crippen LogP contribution in [-0.2, 0) is 0 Å². The van der Waals surface area contributed by atoms with Gasteiger partial charge in [0.25, 0.3) is 5.91 Å². The van der Waals surface area contributed by atoms with E-state index in [1.54, 1.807) is 23.5 Å². The highest BCUT2D eigenvalue weighted by molar-refractivity contribution is 5.94. The van der Waals surface area contributed by atoms with E-state index in [1.807, 2.05) is 0 Å². The number of carbonyl (C=O) groups is 1. The lowest BCUT2D eigenvalue weighted by molar-refractivity contribution is 0.0745. The number of anilines is 1. The molecule has 0 spiro atoms. The quantitative estimate of drug-likeness (QED) is 0.867. The Morgan fingerprint density at radius 3 is 2.52 bits per heavy atom. The lowest BCUT2D eigenvalue weighted by Gasteiger charge is -2.35. The zero-order valence-electron chi connectivity index (χ0n) is 11.4. The Labute approximate surface area is 121 Å². The molecule has 7 nitrogen and oxygen atoms in total. The van der Waals surface area contributed by atoms with Crippen molar-refractivity contribution in [3.8, 4) is 5.75 Å². The van der Waals surface area contributed by atoms with Gasteiger partial charge in [-0.2, -0.15) is 0 Å². The third-order valence-electron chi connectivity index (χ3n) is 3.41. The summed E-state index contributed by atoms with van der Waals surface area (Å²) in [5, 5.41) is 9.39. The van der Waals surface area contributed by atoms with Gasteiger partial charge in [0.1, 0.15) is 11.6 Å². The Bertz CT molecular complexity index is 626. The SMILES string of the molecule is O=C(c1cncc(O)c1)N1CCN(c2cnccn2)CC1. The molecule has 1 amide bonds. The van der Waals surface area contributed by atoms with Gasteiger partial charge in [0.2, 0.25) is 0 Å². The van der Waals surface area contributed by atoms with E-state index in [0.29, 0.717) is 31.7 Å². The van der Waals surface area contributed by atoms with Crippen LogP contribution in [-0.4, -0.2) is 57.0 Å². The first-order valence-electron chi connectivity index (χ1n) is 6.68. The van der Waals surface area contributed by atoms with Crippen LogP contribution >= 0.6 is 0 Å². The number of aromatic hydroxyl groups is 1. The van der Waals surface area contributed by atoms with Crippen LogP contribution in [0.3, 0.4) is 0 Å². The number of hydrogen-bond donors (Lipinski definition) is 1. The number of piperazine rings is 1. The summed E-state index contributed by atoms with van der Waals surface area (Å²) >= 11 is 0. The second-order valence-electron chi connectivity index (χ2n) is 4.77. The fourth-order valence-electron chi connectivity index (χ4n) is 2.32. The highest BCUT2D eigenvalue weighted by Crippen LogP contribution is 2.15. The van der Waals surface area contributed by atoms with Gasteiger partial charge >= 0.3 is 0 Å². The highest BCUT2D eigenvalue weighted by atomic mass is 16.3. The summed E-state index contributed by atoms with van der Waals surface area (Å²) in [6.45, 7) is 2.61. The predicted octanol–water partition coefficient (Wildman–Crippen LogP) is 0.540. The Balaban J connectivity index is 1.64. The molecule has 0 unspecified atom stereocenters. The van der Waals surface area contributed by atoms with Gasteiger partial charge in [0.15, 0.2) is 0 Å². The van der Waals surface area contributed by atoms with Gasteiger partial charge in [0, 0.05) is 44.8 Å². The highest BCUT2D eigenvalue weighted by Gasteiger charge is 2.23. The van der Waals surface area contributed by atoms with Crippen molar-refractivity contribution in [3.05, 3.63) is 42.6 Å². The zero-order chi connectivity index (χ0) is 14.7. The average molecular weight is 285 g/mol. The summed E-state index contributed by atoms with van der Waals surface area (Å²) in [5.74, 6) is 0.708. The summed E-state index contributed by atoms with van der Waals surface area (Å²) in [5.41, 5.74) is 0.406. The van der Waals surface area contributed by atoms with Crippen molar-refractivity contribution in [2.24, 2.45) is 0 Å². The molecule has 1 N–H and O–H groups in total. The maximum absolute atomic E-state index is 12.3. The van der Waals surface area contributed by atoms with Gasteiger partial charge in [-0.1, -0.05) is 0 Å². The summed E-state index contributed by atoms with van der Waals surface area (Å²) in [6, 6.07) is 1.43. The second kappa shape index (κ2) is 5.74. The maximum atomic E-state index is 12.3. The molecule has 2 aromatic rings. The fourth-order valence-corrected chi connectivity index (χ4v) is 2.32. The fraction of sp³-hybridized carbons (Fsp3) is 0.286. The van der Waals surface area contributed by atoms with Crippen LogP contribution in [0.15, 0.2) is 37.1 Å².